The van der Waals surface area contributed by atoms with E-state index >= 15 is 0 Å². The van der Waals surface area contributed by atoms with Crippen molar-refractivity contribution in [2.24, 2.45) is 0 Å². The summed E-state index contributed by atoms with van der Waals surface area (Å²) >= 11 is 0. The molecule has 1 atom stereocenters. The molecule has 2 aliphatic rings. The van der Waals surface area contributed by atoms with Crippen molar-refractivity contribution in [1.29, 1.82) is 0 Å². The van der Waals surface area contributed by atoms with Gasteiger partial charge < -0.3 is 9.64 Å². The lowest BCUT2D eigenvalue weighted by molar-refractivity contribution is -0.186. The maximum Gasteiger partial charge on any atom is 0.274 e. The lowest BCUT2D eigenvalue weighted by Crippen LogP contribution is -2.33. The number of amides is 2. The van der Waals surface area contributed by atoms with Gasteiger partial charge in [-0.15, -0.1) is 0 Å². The second kappa shape index (κ2) is 7.10. The predicted molar refractivity (Wildman–Crippen MR) is 84.9 cm³/mol. The first-order valence-electron chi connectivity index (χ1n) is 8.20. The molecule has 0 radical (unpaired) electrons. The van der Waals surface area contributed by atoms with Crippen molar-refractivity contribution in [3.05, 3.63) is 29.3 Å². The summed E-state index contributed by atoms with van der Waals surface area (Å²) in [6.07, 6.45) is 3.76. The molecule has 124 valence electrons. The van der Waals surface area contributed by atoms with E-state index in [0.717, 1.165) is 36.9 Å². The molecule has 3 rings (SSSR count). The summed E-state index contributed by atoms with van der Waals surface area (Å²) in [6.45, 7) is 3.20. The van der Waals surface area contributed by atoms with Crippen LogP contribution in [0.2, 0.25) is 0 Å². The highest BCUT2D eigenvalue weighted by Gasteiger charge is 2.24. The monoisotopic (exact) mass is 318 g/mol. The van der Waals surface area contributed by atoms with Crippen LogP contribution in [0.1, 0.15) is 48.5 Å². The zero-order valence-electron chi connectivity index (χ0n) is 13.3. The highest BCUT2D eigenvalue weighted by atomic mass is 16.8. The topological polar surface area (TPSA) is 67.9 Å². The van der Waals surface area contributed by atoms with Crippen LogP contribution in [0.25, 0.3) is 0 Å². The highest BCUT2D eigenvalue weighted by Crippen LogP contribution is 2.29. The van der Waals surface area contributed by atoms with E-state index in [1.165, 1.54) is 0 Å². The molecule has 1 fully saturated rings. The van der Waals surface area contributed by atoms with Crippen molar-refractivity contribution >= 4 is 17.5 Å². The molecule has 1 aromatic carbocycles. The second-order valence-electron chi connectivity index (χ2n) is 5.84. The Balaban J connectivity index is 1.62. The molecule has 0 bridgehead atoms. The lowest BCUT2D eigenvalue weighted by atomic mass is 10.1. The Morgan fingerprint density at radius 2 is 2.26 bits per heavy atom. The Hall–Kier alpha value is -1.92. The minimum absolute atomic E-state index is 0.110. The van der Waals surface area contributed by atoms with Gasteiger partial charge in [-0.2, -0.15) is 0 Å². The number of rotatable bonds is 4. The van der Waals surface area contributed by atoms with E-state index in [9.17, 15) is 9.59 Å². The van der Waals surface area contributed by atoms with E-state index in [2.05, 4.69) is 5.48 Å². The third-order valence-corrected chi connectivity index (χ3v) is 4.26. The molecule has 1 aromatic rings. The SMILES string of the molecule is CCC(=O)N1CCc2cc(C(=O)NO[C@@H]3CCCCO3)ccc21. The van der Waals surface area contributed by atoms with E-state index in [4.69, 9.17) is 9.57 Å². The van der Waals surface area contributed by atoms with Crippen LogP contribution in [0.15, 0.2) is 18.2 Å². The van der Waals surface area contributed by atoms with Crippen LogP contribution in [0.3, 0.4) is 0 Å². The summed E-state index contributed by atoms with van der Waals surface area (Å²) in [5.41, 5.74) is 4.92. The third kappa shape index (κ3) is 3.54. The average Bonchev–Trinajstić information content (AvgIpc) is 3.03. The minimum Gasteiger partial charge on any atom is -0.350 e. The van der Waals surface area contributed by atoms with Crippen molar-refractivity contribution in [3.63, 3.8) is 0 Å². The standard InChI is InChI=1S/C17H22N2O4/c1-2-15(20)19-9-8-12-11-13(6-7-14(12)19)17(21)18-23-16-5-3-4-10-22-16/h6-7,11,16H,2-5,8-10H2,1H3,(H,18,21)/t16-/m1/s1. The number of fused-ring (bicyclic) bond motifs is 1. The van der Waals surface area contributed by atoms with E-state index in [1.54, 1.807) is 11.0 Å². The van der Waals surface area contributed by atoms with Gasteiger partial charge in [-0.3, -0.25) is 9.59 Å². The van der Waals surface area contributed by atoms with Gasteiger partial charge in [0.1, 0.15) is 0 Å². The summed E-state index contributed by atoms with van der Waals surface area (Å²) in [5, 5.41) is 0. The van der Waals surface area contributed by atoms with Crippen molar-refractivity contribution in [2.75, 3.05) is 18.1 Å². The largest absolute Gasteiger partial charge is 0.350 e. The van der Waals surface area contributed by atoms with Crippen LogP contribution in [0, 0.1) is 0 Å². The summed E-state index contributed by atoms with van der Waals surface area (Å²) < 4.78 is 5.41. The number of carbonyl (C=O) groups is 2. The number of anilines is 1. The molecule has 0 spiro atoms. The van der Waals surface area contributed by atoms with Gasteiger partial charge in [0.15, 0.2) is 6.29 Å². The molecule has 2 heterocycles. The number of hydrogen-bond donors (Lipinski definition) is 1. The molecule has 23 heavy (non-hydrogen) atoms. The van der Waals surface area contributed by atoms with Gasteiger partial charge in [0.05, 0.1) is 0 Å². The first-order chi connectivity index (χ1) is 11.2. The molecule has 6 heteroatoms. The van der Waals surface area contributed by atoms with Gasteiger partial charge in [-0.05, 0) is 43.0 Å². The van der Waals surface area contributed by atoms with Gasteiger partial charge in [0.2, 0.25) is 5.91 Å². The molecule has 0 unspecified atom stereocenters. The summed E-state index contributed by atoms with van der Waals surface area (Å²) in [5.74, 6) is -0.180. The quantitative estimate of drug-likeness (QED) is 0.864. The number of ether oxygens (including phenoxy) is 1. The zero-order chi connectivity index (χ0) is 16.2. The first kappa shape index (κ1) is 16.0. The number of hydroxylamine groups is 1. The molecule has 2 amide bonds. The van der Waals surface area contributed by atoms with Gasteiger partial charge in [-0.25, -0.2) is 10.3 Å². The molecular weight excluding hydrogens is 296 g/mol. The first-order valence-corrected chi connectivity index (χ1v) is 8.20. The van der Waals surface area contributed by atoms with Gasteiger partial charge in [-0.1, -0.05) is 6.92 Å². The summed E-state index contributed by atoms with van der Waals surface area (Å²) in [6, 6.07) is 5.39. The van der Waals surface area contributed by atoms with Crippen LogP contribution in [0.5, 0.6) is 0 Å². The molecule has 2 aliphatic heterocycles. The van der Waals surface area contributed by atoms with Crippen molar-refractivity contribution in [1.82, 2.24) is 5.48 Å². The summed E-state index contributed by atoms with van der Waals surface area (Å²) in [4.78, 5) is 31.2. The van der Waals surface area contributed by atoms with Crippen LogP contribution >= 0.6 is 0 Å². The molecule has 0 saturated carbocycles. The highest BCUT2D eigenvalue weighted by molar-refractivity contribution is 5.98. The third-order valence-electron chi connectivity index (χ3n) is 4.26. The number of hydrogen-bond acceptors (Lipinski definition) is 4. The molecule has 1 N–H and O–H groups in total. The zero-order valence-corrected chi connectivity index (χ0v) is 13.3. The maximum atomic E-state index is 12.2. The predicted octanol–water partition coefficient (Wildman–Crippen LogP) is 2.17. The number of carbonyl (C=O) groups excluding carboxylic acids is 2. The fourth-order valence-electron chi connectivity index (χ4n) is 2.98. The van der Waals surface area contributed by atoms with Crippen molar-refractivity contribution < 1.29 is 19.2 Å². The number of nitrogens with zero attached hydrogens (tertiary/aromatic N) is 1. The van der Waals surface area contributed by atoms with Gasteiger partial charge >= 0.3 is 0 Å². The van der Waals surface area contributed by atoms with E-state index in [0.29, 0.717) is 25.1 Å². The number of nitrogens with one attached hydrogen (secondary N) is 1. The fourth-order valence-corrected chi connectivity index (χ4v) is 2.98. The fraction of sp³-hybridized carbons (Fsp3) is 0.529. The average molecular weight is 318 g/mol. The Morgan fingerprint density at radius 3 is 3.00 bits per heavy atom. The molecular formula is C17H22N2O4. The minimum atomic E-state index is -0.361. The Labute approximate surface area is 135 Å². The van der Waals surface area contributed by atoms with E-state index < -0.39 is 0 Å². The van der Waals surface area contributed by atoms with Crippen LogP contribution in [-0.4, -0.2) is 31.3 Å². The van der Waals surface area contributed by atoms with E-state index in [-0.39, 0.29) is 18.1 Å². The van der Waals surface area contributed by atoms with Crippen LogP contribution in [-0.2, 0) is 20.8 Å². The van der Waals surface area contributed by atoms with Crippen LogP contribution in [0.4, 0.5) is 5.69 Å². The maximum absolute atomic E-state index is 12.2. The molecule has 0 aromatic heterocycles. The van der Waals surface area contributed by atoms with Gasteiger partial charge in [0, 0.05) is 37.2 Å². The molecule has 6 nitrogen and oxygen atoms in total. The molecule has 1 saturated heterocycles. The normalized spacial score (nSPS) is 20.2. The smallest absolute Gasteiger partial charge is 0.274 e. The Morgan fingerprint density at radius 1 is 1.39 bits per heavy atom. The Bertz CT molecular complexity index is 596. The summed E-state index contributed by atoms with van der Waals surface area (Å²) in [7, 11) is 0. The van der Waals surface area contributed by atoms with Gasteiger partial charge in [0.25, 0.3) is 5.91 Å². The lowest BCUT2D eigenvalue weighted by Gasteiger charge is -2.22. The van der Waals surface area contributed by atoms with Crippen LogP contribution < -0.4 is 10.4 Å². The van der Waals surface area contributed by atoms with Crippen molar-refractivity contribution in [2.45, 2.75) is 45.3 Å². The Kier molecular flexibility index (Phi) is 4.93. The molecule has 0 aliphatic carbocycles. The second-order valence-corrected chi connectivity index (χ2v) is 5.84. The van der Waals surface area contributed by atoms with E-state index in [1.807, 2.05) is 19.1 Å². The number of benzene rings is 1. The van der Waals surface area contributed by atoms with Crippen molar-refractivity contribution in [3.8, 4) is 0 Å².